The number of carbonyl (C=O) groups excluding carboxylic acids is 1. The molecule has 0 fully saturated rings. The number of amides is 1. The van der Waals surface area contributed by atoms with Gasteiger partial charge >= 0.3 is 0 Å². The van der Waals surface area contributed by atoms with Gasteiger partial charge in [0.2, 0.25) is 10.0 Å². The molecule has 0 aliphatic carbocycles. The van der Waals surface area contributed by atoms with E-state index >= 15 is 0 Å². The van der Waals surface area contributed by atoms with Crippen LogP contribution in [0.4, 0.5) is 5.69 Å². The summed E-state index contributed by atoms with van der Waals surface area (Å²) in [5.41, 5.74) is 2.41. The second kappa shape index (κ2) is 9.61. The van der Waals surface area contributed by atoms with Crippen molar-refractivity contribution in [3.8, 4) is 11.5 Å². The molecule has 0 unspecified atom stereocenters. The molecule has 0 spiro atoms. The quantitative estimate of drug-likeness (QED) is 0.348. The standard InChI is InChI=1S/C17H18N4O7S/c1-27-15-7-6-14(9-16(15)28-2)29(25,26)19-11-17(22)20-18-10-12-4-3-5-13(8-12)21(23)24/h3-10,19H,11H2,1-2H3,(H,20,22)/b18-10-. The van der Waals surface area contributed by atoms with Gasteiger partial charge in [-0.15, -0.1) is 0 Å². The molecule has 2 rings (SSSR count). The molecule has 154 valence electrons. The molecule has 2 aromatic rings. The van der Waals surface area contributed by atoms with Crippen molar-refractivity contribution in [1.82, 2.24) is 10.1 Å². The summed E-state index contributed by atoms with van der Waals surface area (Å²) in [5, 5.41) is 14.4. The SMILES string of the molecule is COc1ccc(S(=O)(=O)NCC(=O)N/N=C\c2cccc([N+](=O)[O-])c2)cc1OC. The summed E-state index contributed by atoms with van der Waals surface area (Å²) in [7, 11) is -1.19. The molecule has 0 saturated heterocycles. The molecule has 0 atom stereocenters. The average molecular weight is 422 g/mol. The summed E-state index contributed by atoms with van der Waals surface area (Å²) >= 11 is 0. The fourth-order valence-corrected chi connectivity index (χ4v) is 3.16. The van der Waals surface area contributed by atoms with E-state index in [-0.39, 0.29) is 16.3 Å². The zero-order chi connectivity index (χ0) is 21.4. The Labute approximate surface area is 166 Å². The Morgan fingerprint density at radius 2 is 1.90 bits per heavy atom. The molecule has 12 heteroatoms. The molecule has 0 saturated carbocycles. The van der Waals surface area contributed by atoms with Crippen LogP contribution in [0.25, 0.3) is 0 Å². The minimum Gasteiger partial charge on any atom is -0.493 e. The number of methoxy groups -OCH3 is 2. The Balaban J connectivity index is 1.96. The molecule has 0 aromatic heterocycles. The van der Waals surface area contributed by atoms with Gasteiger partial charge in [-0.25, -0.2) is 18.6 Å². The van der Waals surface area contributed by atoms with Crippen LogP contribution >= 0.6 is 0 Å². The number of sulfonamides is 1. The largest absolute Gasteiger partial charge is 0.493 e. The predicted octanol–water partition coefficient (Wildman–Crippen LogP) is 1.04. The van der Waals surface area contributed by atoms with E-state index in [0.29, 0.717) is 11.3 Å². The van der Waals surface area contributed by atoms with Crippen LogP contribution in [0.3, 0.4) is 0 Å². The van der Waals surface area contributed by atoms with Crippen LogP contribution in [0.2, 0.25) is 0 Å². The van der Waals surface area contributed by atoms with Crippen LogP contribution < -0.4 is 19.6 Å². The lowest BCUT2D eigenvalue weighted by atomic mass is 10.2. The molecule has 29 heavy (non-hydrogen) atoms. The Hall–Kier alpha value is -3.51. The molecule has 0 bridgehead atoms. The van der Waals surface area contributed by atoms with Crippen molar-refractivity contribution in [2.24, 2.45) is 5.10 Å². The minimum absolute atomic E-state index is 0.108. The van der Waals surface area contributed by atoms with Gasteiger partial charge in [-0.3, -0.25) is 14.9 Å². The summed E-state index contributed by atoms with van der Waals surface area (Å²) in [6.07, 6.45) is 1.20. The first-order valence-electron chi connectivity index (χ1n) is 8.05. The average Bonchev–Trinajstić information content (AvgIpc) is 2.72. The van der Waals surface area contributed by atoms with Gasteiger partial charge in [0, 0.05) is 23.8 Å². The number of hydrazone groups is 1. The maximum absolute atomic E-state index is 12.3. The Morgan fingerprint density at radius 1 is 1.17 bits per heavy atom. The van der Waals surface area contributed by atoms with Crippen molar-refractivity contribution in [3.63, 3.8) is 0 Å². The van der Waals surface area contributed by atoms with E-state index in [9.17, 15) is 23.3 Å². The summed E-state index contributed by atoms with van der Waals surface area (Å²) in [6.45, 7) is -0.567. The summed E-state index contributed by atoms with van der Waals surface area (Å²) in [5.74, 6) is -0.142. The van der Waals surface area contributed by atoms with E-state index < -0.39 is 27.4 Å². The molecule has 0 radical (unpaired) electrons. The first-order valence-corrected chi connectivity index (χ1v) is 9.53. The number of hydrogen-bond donors (Lipinski definition) is 2. The van der Waals surface area contributed by atoms with E-state index in [2.05, 4.69) is 15.2 Å². The lowest BCUT2D eigenvalue weighted by Crippen LogP contribution is -2.34. The van der Waals surface area contributed by atoms with Gasteiger partial charge in [-0.2, -0.15) is 5.10 Å². The number of ether oxygens (including phenoxy) is 2. The number of hydrogen-bond acceptors (Lipinski definition) is 8. The first kappa shape index (κ1) is 21.8. The van der Waals surface area contributed by atoms with E-state index in [1.54, 1.807) is 6.07 Å². The monoisotopic (exact) mass is 422 g/mol. The van der Waals surface area contributed by atoms with Gasteiger partial charge in [0.25, 0.3) is 11.6 Å². The second-order valence-electron chi connectivity index (χ2n) is 5.49. The molecule has 2 N–H and O–H groups in total. The molecule has 0 aliphatic heterocycles. The highest BCUT2D eigenvalue weighted by atomic mass is 32.2. The van der Waals surface area contributed by atoms with Gasteiger partial charge < -0.3 is 9.47 Å². The third-order valence-corrected chi connectivity index (χ3v) is 4.97. The number of nitrogens with one attached hydrogen (secondary N) is 2. The fraction of sp³-hybridized carbons (Fsp3) is 0.176. The number of nitro groups is 1. The van der Waals surface area contributed by atoms with Crippen molar-refractivity contribution in [3.05, 3.63) is 58.1 Å². The number of rotatable bonds is 9. The number of non-ortho nitro benzene ring substituents is 1. The number of benzene rings is 2. The van der Waals surface area contributed by atoms with Crippen LogP contribution in [-0.4, -0.2) is 46.2 Å². The minimum atomic E-state index is -3.98. The highest BCUT2D eigenvalue weighted by molar-refractivity contribution is 7.89. The number of nitro benzene ring substituents is 1. The molecule has 2 aromatic carbocycles. The highest BCUT2D eigenvalue weighted by Crippen LogP contribution is 2.29. The van der Waals surface area contributed by atoms with Crippen LogP contribution in [0, 0.1) is 10.1 Å². The lowest BCUT2D eigenvalue weighted by molar-refractivity contribution is -0.384. The summed E-state index contributed by atoms with van der Waals surface area (Å²) < 4.78 is 36.9. The summed E-state index contributed by atoms with van der Waals surface area (Å²) in [4.78, 5) is 21.9. The number of carbonyl (C=O) groups is 1. The van der Waals surface area contributed by atoms with E-state index in [0.717, 1.165) is 0 Å². The van der Waals surface area contributed by atoms with E-state index in [1.165, 1.54) is 56.8 Å². The Bertz CT molecular complexity index is 1040. The van der Waals surface area contributed by atoms with Crippen LogP contribution in [-0.2, 0) is 14.8 Å². The van der Waals surface area contributed by atoms with Gasteiger partial charge in [0.1, 0.15) is 0 Å². The topological polar surface area (TPSA) is 149 Å². The van der Waals surface area contributed by atoms with E-state index in [4.69, 9.17) is 9.47 Å². The van der Waals surface area contributed by atoms with Crippen LogP contribution in [0.5, 0.6) is 11.5 Å². The third-order valence-electron chi connectivity index (χ3n) is 3.57. The third kappa shape index (κ3) is 5.99. The van der Waals surface area contributed by atoms with Crippen molar-refractivity contribution in [1.29, 1.82) is 0 Å². The maximum atomic E-state index is 12.3. The van der Waals surface area contributed by atoms with Gasteiger partial charge in [-0.05, 0) is 12.1 Å². The first-order chi connectivity index (χ1) is 13.8. The zero-order valence-corrected chi connectivity index (χ0v) is 16.3. The highest BCUT2D eigenvalue weighted by Gasteiger charge is 2.18. The lowest BCUT2D eigenvalue weighted by Gasteiger charge is -2.10. The van der Waals surface area contributed by atoms with Gasteiger partial charge in [-0.1, -0.05) is 12.1 Å². The normalized spacial score (nSPS) is 11.2. The molecule has 1 amide bonds. The second-order valence-corrected chi connectivity index (χ2v) is 7.25. The molecule has 11 nitrogen and oxygen atoms in total. The van der Waals surface area contributed by atoms with Crippen LogP contribution in [0.15, 0.2) is 52.5 Å². The molecular weight excluding hydrogens is 404 g/mol. The Kier molecular flexibility index (Phi) is 7.22. The maximum Gasteiger partial charge on any atom is 0.270 e. The van der Waals surface area contributed by atoms with Gasteiger partial charge in [0.15, 0.2) is 11.5 Å². The molecular formula is C17H18N4O7S. The number of nitrogens with zero attached hydrogens (tertiary/aromatic N) is 2. The fourth-order valence-electron chi connectivity index (χ4n) is 2.16. The van der Waals surface area contributed by atoms with Crippen LogP contribution in [0.1, 0.15) is 5.56 Å². The zero-order valence-electron chi connectivity index (χ0n) is 15.5. The van der Waals surface area contributed by atoms with Crippen molar-refractivity contribution < 1.29 is 27.6 Å². The van der Waals surface area contributed by atoms with Crippen molar-refractivity contribution in [2.45, 2.75) is 4.90 Å². The Morgan fingerprint density at radius 3 is 2.55 bits per heavy atom. The van der Waals surface area contributed by atoms with Crippen molar-refractivity contribution in [2.75, 3.05) is 20.8 Å². The summed E-state index contributed by atoms with van der Waals surface area (Å²) in [6, 6.07) is 9.62. The van der Waals surface area contributed by atoms with E-state index in [1.807, 2.05) is 0 Å². The molecule has 0 heterocycles. The van der Waals surface area contributed by atoms with Crippen molar-refractivity contribution >= 4 is 27.8 Å². The van der Waals surface area contributed by atoms with Gasteiger partial charge in [0.05, 0.1) is 36.8 Å². The smallest absolute Gasteiger partial charge is 0.270 e. The molecule has 0 aliphatic rings. The predicted molar refractivity (Wildman–Crippen MR) is 104 cm³/mol.